The quantitative estimate of drug-likeness (QED) is 0.600. The second-order valence-corrected chi connectivity index (χ2v) is 9.64. The second-order valence-electron chi connectivity index (χ2n) is 9.64. The Kier molecular flexibility index (Phi) is 4.86. The van der Waals surface area contributed by atoms with E-state index in [1.165, 1.54) is 19.3 Å². The lowest BCUT2D eigenvalue weighted by molar-refractivity contribution is 0.0244. The highest BCUT2D eigenvalue weighted by Gasteiger charge is 2.37. The van der Waals surface area contributed by atoms with Crippen LogP contribution < -0.4 is 5.73 Å². The van der Waals surface area contributed by atoms with Gasteiger partial charge in [0.25, 0.3) is 0 Å². The van der Waals surface area contributed by atoms with E-state index in [0.29, 0.717) is 36.2 Å². The molecule has 0 unspecified atom stereocenters. The Bertz CT molecular complexity index is 1280. The van der Waals surface area contributed by atoms with Gasteiger partial charge < -0.3 is 15.4 Å². The first-order chi connectivity index (χ1) is 16.0. The van der Waals surface area contributed by atoms with E-state index in [2.05, 4.69) is 36.3 Å². The molecule has 1 aliphatic heterocycles. The molecule has 0 aromatic carbocycles. The fraction of sp³-hybridized carbons (Fsp3) is 0.480. The zero-order chi connectivity index (χ0) is 22.6. The molecule has 33 heavy (non-hydrogen) atoms. The van der Waals surface area contributed by atoms with Crippen LogP contribution in [0.25, 0.3) is 22.2 Å². The van der Waals surface area contributed by atoms with Gasteiger partial charge in [0, 0.05) is 36.3 Å². The van der Waals surface area contributed by atoms with E-state index in [9.17, 15) is 9.50 Å². The fourth-order valence-electron chi connectivity index (χ4n) is 5.26. The summed E-state index contributed by atoms with van der Waals surface area (Å²) in [4.78, 5) is 15.1. The molecule has 3 fully saturated rings. The number of nitrogens with two attached hydrogens (primary N) is 1. The predicted octanol–water partition coefficient (Wildman–Crippen LogP) is 3.28. The fourth-order valence-corrected chi connectivity index (χ4v) is 5.26. The molecule has 3 aliphatic rings. The van der Waals surface area contributed by atoms with Crippen molar-refractivity contribution in [3.63, 3.8) is 0 Å². The Morgan fingerprint density at radius 2 is 1.88 bits per heavy atom. The lowest BCUT2D eigenvalue weighted by Crippen LogP contribution is -2.54. The van der Waals surface area contributed by atoms with E-state index < -0.39 is 11.4 Å². The molecule has 0 bridgehead atoms. The van der Waals surface area contributed by atoms with Gasteiger partial charge in [-0.1, -0.05) is 12.3 Å². The maximum absolute atomic E-state index is 14.7. The molecule has 1 saturated heterocycles. The molecular weight excluding hydrogens is 419 g/mol. The van der Waals surface area contributed by atoms with Gasteiger partial charge in [-0.05, 0) is 50.5 Å². The number of pyridine rings is 1. The number of aliphatic hydroxyl groups is 1. The number of nitrogens with zero attached hydrogens (tertiary/aromatic N) is 5. The monoisotopic (exact) mass is 446 g/mol. The summed E-state index contributed by atoms with van der Waals surface area (Å²) in [6.45, 7) is 1.97. The smallest absolute Gasteiger partial charge is 0.220 e. The molecule has 7 nitrogen and oxygen atoms in total. The number of halogens is 1. The number of hydrogen-bond acceptors (Lipinski definition) is 6. The van der Waals surface area contributed by atoms with Crippen molar-refractivity contribution in [2.45, 2.75) is 62.6 Å². The summed E-state index contributed by atoms with van der Waals surface area (Å²) in [7, 11) is 0. The molecule has 2 saturated carbocycles. The van der Waals surface area contributed by atoms with Crippen LogP contribution in [-0.4, -0.2) is 54.3 Å². The van der Waals surface area contributed by atoms with Crippen molar-refractivity contribution in [3.8, 4) is 23.1 Å². The van der Waals surface area contributed by atoms with Crippen LogP contribution in [0, 0.1) is 17.7 Å². The van der Waals surface area contributed by atoms with Crippen LogP contribution in [0.3, 0.4) is 0 Å². The van der Waals surface area contributed by atoms with Crippen LogP contribution in [0.2, 0.25) is 0 Å². The molecule has 3 aromatic rings. The minimum atomic E-state index is -0.935. The number of anilines is 1. The van der Waals surface area contributed by atoms with Crippen LogP contribution in [0.15, 0.2) is 24.7 Å². The Hall–Kier alpha value is -3.02. The Labute approximate surface area is 191 Å². The van der Waals surface area contributed by atoms with Gasteiger partial charge in [-0.25, -0.2) is 19.3 Å². The van der Waals surface area contributed by atoms with Crippen molar-refractivity contribution in [1.82, 2.24) is 24.4 Å². The van der Waals surface area contributed by atoms with Gasteiger partial charge >= 0.3 is 0 Å². The van der Waals surface area contributed by atoms with Crippen LogP contribution in [0.1, 0.15) is 56.7 Å². The van der Waals surface area contributed by atoms with E-state index in [1.807, 2.05) is 12.3 Å². The molecule has 3 N–H and O–H groups in total. The van der Waals surface area contributed by atoms with Gasteiger partial charge in [0.2, 0.25) is 5.95 Å². The predicted molar refractivity (Wildman–Crippen MR) is 124 cm³/mol. The maximum atomic E-state index is 14.7. The summed E-state index contributed by atoms with van der Waals surface area (Å²) in [6.07, 6.45) is 12.1. The average Bonchev–Trinajstić information content (AvgIpc) is 3.33. The van der Waals surface area contributed by atoms with Gasteiger partial charge in [0.15, 0.2) is 5.82 Å². The molecule has 0 radical (unpaired) electrons. The van der Waals surface area contributed by atoms with Crippen molar-refractivity contribution in [3.05, 3.63) is 36.2 Å². The zero-order valence-electron chi connectivity index (χ0n) is 18.5. The molecule has 8 heteroatoms. The van der Waals surface area contributed by atoms with E-state index in [4.69, 9.17) is 5.73 Å². The van der Waals surface area contributed by atoms with Crippen LogP contribution in [-0.2, 0) is 0 Å². The Balaban J connectivity index is 1.41. The van der Waals surface area contributed by atoms with Crippen molar-refractivity contribution < 1.29 is 9.50 Å². The van der Waals surface area contributed by atoms with Crippen LogP contribution >= 0.6 is 0 Å². The van der Waals surface area contributed by atoms with E-state index in [-0.39, 0.29) is 11.6 Å². The highest BCUT2D eigenvalue weighted by molar-refractivity contribution is 5.95. The normalized spacial score (nSPS) is 20.9. The number of rotatable bonds is 3. The summed E-state index contributed by atoms with van der Waals surface area (Å²) in [5.74, 6) is 5.58. The summed E-state index contributed by atoms with van der Waals surface area (Å²) in [5.41, 5.74) is 7.16. The SMILES string of the molecule is Nc1ncc(F)c(-c2cn(C3CN(C4CCC4)C3)c3cnc(C#CC4(O)CCCC4)cc23)n1. The number of aromatic nitrogens is 4. The summed E-state index contributed by atoms with van der Waals surface area (Å²) in [5, 5.41) is 11.4. The number of nitrogen functional groups attached to an aromatic ring is 1. The molecule has 6 rings (SSSR count). The van der Waals surface area contributed by atoms with Gasteiger partial charge in [-0.15, -0.1) is 0 Å². The zero-order valence-corrected chi connectivity index (χ0v) is 18.5. The van der Waals surface area contributed by atoms with Crippen molar-refractivity contribution in [2.75, 3.05) is 18.8 Å². The third-order valence-corrected chi connectivity index (χ3v) is 7.47. The highest BCUT2D eigenvalue weighted by atomic mass is 19.1. The third kappa shape index (κ3) is 3.65. The molecule has 0 spiro atoms. The maximum Gasteiger partial charge on any atom is 0.220 e. The average molecular weight is 447 g/mol. The van der Waals surface area contributed by atoms with E-state index in [1.54, 1.807) is 6.20 Å². The minimum Gasteiger partial charge on any atom is -0.378 e. The molecule has 0 amide bonds. The summed E-state index contributed by atoms with van der Waals surface area (Å²) < 4.78 is 16.9. The van der Waals surface area contributed by atoms with Crippen molar-refractivity contribution in [2.24, 2.45) is 0 Å². The topological polar surface area (TPSA) is 93.1 Å². The molecular formula is C25H27FN6O. The van der Waals surface area contributed by atoms with Crippen molar-refractivity contribution >= 4 is 16.9 Å². The highest BCUT2D eigenvalue weighted by Crippen LogP contribution is 2.38. The largest absolute Gasteiger partial charge is 0.378 e. The van der Waals surface area contributed by atoms with Gasteiger partial charge in [0.05, 0.1) is 24.0 Å². The first kappa shape index (κ1) is 20.6. The Morgan fingerprint density at radius 3 is 2.61 bits per heavy atom. The minimum absolute atomic E-state index is 0.0321. The molecule has 170 valence electrons. The number of likely N-dealkylation sites (tertiary alicyclic amines) is 1. The molecule has 4 heterocycles. The number of hydrogen-bond donors (Lipinski definition) is 2. The van der Waals surface area contributed by atoms with Crippen LogP contribution in [0.5, 0.6) is 0 Å². The molecule has 3 aromatic heterocycles. The first-order valence-electron chi connectivity index (χ1n) is 11.8. The summed E-state index contributed by atoms with van der Waals surface area (Å²) in [6, 6.07) is 2.89. The van der Waals surface area contributed by atoms with E-state index >= 15 is 0 Å². The lowest BCUT2D eigenvalue weighted by atomic mass is 9.88. The standard InChI is InChI=1S/C25H27FN6O/c26-21-11-29-24(27)30-23(21)20-15-32(18-13-31(14-18)17-4-3-5-17)22-12-28-16(10-19(20)22)6-9-25(33)7-1-2-8-25/h10-12,15,17-18,33H,1-5,7-8,13-14H2,(H2,27,29,30). The summed E-state index contributed by atoms with van der Waals surface area (Å²) >= 11 is 0. The lowest BCUT2D eigenvalue weighted by Gasteiger charge is -2.48. The van der Waals surface area contributed by atoms with Gasteiger partial charge in [-0.3, -0.25) is 4.90 Å². The second kappa shape index (κ2) is 7.79. The van der Waals surface area contributed by atoms with Gasteiger partial charge in [-0.2, -0.15) is 0 Å². The molecule has 0 atom stereocenters. The Morgan fingerprint density at radius 1 is 1.09 bits per heavy atom. The van der Waals surface area contributed by atoms with E-state index in [0.717, 1.165) is 43.0 Å². The van der Waals surface area contributed by atoms with Crippen molar-refractivity contribution in [1.29, 1.82) is 0 Å². The number of fused-ring (bicyclic) bond motifs is 1. The van der Waals surface area contributed by atoms with Crippen LogP contribution in [0.4, 0.5) is 10.3 Å². The molecule has 2 aliphatic carbocycles. The first-order valence-corrected chi connectivity index (χ1v) is 11.8. The third-order valence-electron chi connectivity index (χ3n) is 7.47. The van der Waals surface area contributed by atoms with Gasteiger partial charge in [0.1, 0.15) is 17.0 Å².